The van der Waals surface area contributed by atoms with Crippen LogP contribution in [0.4, 0.5) is 0 Å². The van der Waals surface area contributed by atoms with E-state index in [0.717, 1.165) is 57.8 Å². The molecule has 0 aromatic heterocycles. The molecule has 0 aliphatic carbocycles. The molecule has 1 atom stereocenters. The molecule has 0 aliphatic heterocycles. The highest BCUT2D eigenvalue weighted by Crippen LogP contribution is 2.18. The van der Waals surface area contributed by atoms with E-state index < -0.39 is 6.10 Å². The number of ether oxygens (including phenoxy) is 3. The van der Waals surface area contributed by atoms with E-state index >= 15 is 0 Å². The number of hydrogen-bond donors (Lipinski definition) is 0. The van der Waals surface area contributed by atoms with Crippen LogP contribution in [0.25, 0.3) is 0 Å². The summed E-state index contributed by atoms with van der Waals surface area (Å²) in [6.07, 6.45) is 61.7. The van der Waals surface area contributed by atoms with Gasteiger partial charge < -0.3 is 14.2 Å². The Labute approximate surface area is 406 Å². The minimum absolute atomic E-state index is 0.0632. The Morgan fingerprint density at radius 2 is 0.415 bits per heavy atom. The molecule has 6 heteroatoms. The van der Waals surface area contributed by atoms with Crippen molar-refractivity contribution in [2.75, 3.05) is 13.2 Å². The number of carbonyl (C=O) groups excluding carboxylic acids is 3. The van der Waals surface area contributed by atoms with Crippen LogP contribution in [0.15, 0.2) is 0 Å². The molecule has 0 rings (SSSR count). The summed E-state index contributed by atoms with van der Waals surface area (Å²) in [4.78, 5) is 37.7. The lowest BCUT2D eigenvalue weighted by atomic mass is 10.0. The molecule has 386 valence electrons. The van der Waals surface area contributed by atoms with E-state index in [9.17, 15) is 14.4 Å². The van der Waals surface area contributed by atoms with Gasteiger partial charge in [0.05, 0.1) is 0 Å². The van der Waals surface area contributed by atoms with Crippen molar-refractivity contribution in [2.24, 2.45) is 0 Å². The van der Waals surface area contributed by atoms with Crippen LogP contribution >= 0.6 is 0 Å². The molecule has 1 unspecified atom stereocenters. The van der Waals surface area contributed by atoms with Crippen LogP contribution in [0, 0.1) is 0 Å². The van der Waals surface area contributed by atoms with Crippen molar-refractivity contribution in [1.29, 1.82) is 0 Å². The monoisotopic (exact) mass is 919 g/mol. The summed E-state index contributed by atoms with van der Waals surface area (Å²) in [5, 5.41) is 0. The first-order chi connectivity index (χ1) is 32.0. The highest BCUT2D eigenvalue weighted by molar-refractivity contribution is 5.71. The Kier molecular flexibility index (Phi) is 53.7. The lowest BCUT2D eigenvalue weighted by Gasteiger charge is -2.18. The minimum atomic E-state index is -0.758. The van der Waals surface area contributed by atoms with Gasteiger partial charge in [0.1, 0.15) is 13.2 Å². The first-order valence-electron chi connectivity index (χ1n) is 29.5. The fourth-order valence-electron chi connectivity index (χ4n) is 9.15. The third kappa shape index (κ3) is 53.2. The van der Waals surface area contributed by atoms with E-state index in [1.807, 2.05) is 0 Å². The molecule has 0 N–H and O–H groups in total. The van der Waals surface area contributed by atoms with Gasteiger partial charge in [-0.1, -0.05) is 303 Å². The van der Waals surface area contributed by atoms with E-state index in [2.05, 4.69) is 20.8 Å². The van der Waals surface area contributed by atoms with E-state index in [1.54, 1.807) is 0 Å². The van der Waals surface area contributed by atoms with Gasteiger partial charge in [-0.25, -0.2) is 0 Å². The maximum absolute atomic E-state index is 12.7. The number of esters is 3. The van der Waals surface area contributed by atoms with Crippen LogP contribution in [0.1, 0.15) is 342 Å². The van der Waals surface area contributed by atoms with Crippen molar-refractivity contribution in [2.45, 2.75) is 348 Å². The van der Waals surface area contributed by atoms with Crippen LogP contribution in [-0.2, 0) is 28.6 Å². The Morgan fingerprint density at radius 1 is 0.246 bits per heavy atom. The van der Waals surface area contributed by atoms with Crippen molar-refractivity contribution < 1.29 is 28.6 Å². The van der Waals surface area contributed by atoms with Gasteiger partial charge >= 0.3 is 17.9 Å². The minimum Gasteiger partial charge on any atom is -0.462 e. The molecule has 0 spiro atoms. The largest absolute Gasteiger partial charge is 0.462 e. The van der Waals surface area contributed by atoms with Crippen LogP contribution in [0.3, 0.4) is 0 Å². The van der Waals surface area contributed by atoms with Crippen molar-refractivity contribution in [3.05, 3.63) is 0 Å². The van der Waals surface area contributed by atoms with E-state index in [1.165, 1.54) is 244 Å². The van der Waals surface area contributed by atoms with Crippen LogP contribution in [-0.4, -0.2) is 37.2 Å². The van der Waals surface area contributed by atoms with Gasteiger partial charge in [0.15, 0.2) is 6.10 Å². The van der Waals surface area contributed by atoms with Crippen LogP contribution in [0.2, 0.25) is 0 Å². The predicted molar refractivity (Wildman–Crippen MR) is 280 cm³/mol. The van der Waals surface area contributed by atoms with Gasteiger partial charge in [-0.05, 0) is 19.3 Å². The fraction of sp³-hybridized carbons (Fsp3) is 0.949. The summed E-state index contributed by atoms with van der Waals surface area (Å²) in [5.41, 5.74) is 0. The number of carbonyl (C=O) groups is 3. The van der Waals surface area contributed by atoms with Crippen LogP contribution in [0.5, 0.6) is 0 Å². The van der Waals surface area contributed by atoms with Crippen LogP contribution < -0.4 is 0 Å². The first-order valence-corrected chi connectivity index (χ1v) is 29.5. The zero-order valence-electron chi connectivity index (χ0n) is 44.3. The highest BCUT2D eigenvalue weighted by Gasteiger charge is 2.19. The topological polar surface area (TPSA) is 78.9 Å². The van der Waals surface area contributed by atoms with Crippen molar-refractivity contribution in [3.63, 3.8) is 0 Å². The second kappa shape index (κ2) is 55.0. The molecule has 0 saturated carbocycles. The summed E-state index contributed by atoms with van der Waals surface area (Å²) in [6, 6.07) is 0. The Bertz CT molecular complexity index is 967. The fourth-order valence-corrected chi connectivity index (χ4v) is 9.15. The average molecular weight is 920 g/mol. The van der Waals surface area contributed by atoms with Gasteiger partial charge in [-0.15, -0.1) is 0 Å². The summed E-state index contributed by atoms with van der Waals surface area (Å²) in [5.74, 6) is -0.856. The lowest BCUT2D eigenvalue weighted by molar-refractivity contribution is -0.167. The molecule has 0 fully saturated rings. The van der Waals surface area contributed by atoms with Gasteiger partial charge in [0.25, 0.3) is 0 Å². The smallest absolute Gasteiger partial charge is 0.306 e. The average Bonchev–Trinajstić information content (AvgIpc) is 3.30. The SMILES string of the molecule is CCCCCCCCCCCCCCCCCCCCCCCCCCCCCCCCCCC(=O)OCC(COC(=O)CCCCCCCCC)OC(=O)CCCCCCCCCC. The predicted octanol–water partition coefficient (Wildman–Crippen LogP) is 19.5. The Morgan fingerprint density at radius 3 is 0.615 bits per heavy atom. The molecule has 0 aliphatic rings. The van der Waals surface area contributed by atoms with E-state index in [0.29, 0.717) is 19.3 Å². The second-order valence-corrected chi connectivity index (χ2v) is 20.3. The zero-order valence-corrected chi connectivity index (χ0v) is 44.3. The third-order valence-electron chi connectivity index (χ3n) is 13.6. The molecule has 0 saturated heterocycles. The summed E-state index contributed by atoms with van der Waals surface area (Å²) in [7, 11) is 0. The molecule has 0 bridgehead atoms. The van der Waals surface area contributed by atoms with Crippen molar-refractivity contribution in [3.8, 4) is 0 Å². The van der Waals surface area contributed by atoms with Crippen molar-refractivity contribution >= 4 is 17.9 Å². The second-order valence-electron chi connectivity index (χ2n) is 20.3. The highest BCUT2D eigenvalue weighted by atomic mass is 16.6. The maximum atomic E-state index is 12.7. The van der Waals surface area contributed by atoms with Gasteiger partial charge in [-0.3, -0.25) is 14.4 Å². The Balaban J connectivity index is 3.80. The molecular formula is C59H114O6. The summed E-state index contributed by atoms with van der Waals surface area (Å²) < 4.78 is 16.7. The zero-order chi connectivity index (χ0) is 47.2. The van der Waals surface area contributed by atoms with E-state index in [4.69, 9.17) is 14.2 Å². The van der Waals surface area contributed by atoms with Gasteiger partial charge in [0.2, 0.25) is 0 Å². The van der Waals surface area contributed by atoms with Gasteiger partial charge in [-0.2, -0.15) is 0 Å². The summed E-state index contributed by atoms with van der Waals surface area (Å²) in [6.45, 7) is 6.61. The molecule has 6 nitrogen and oxygen atoms in total. The molecule has 0 heterocycles. The summed E-state index contributed by atoms with van der Waals surface area (Å²) >= 11 is 0. The number of rotatable bonds is 55. The molecule has 0 amide bonds. The number of hydrogen-bond acceptors (Lipinski definition) is 6. The number of unbranched alkanes of at least 4 members (excludes halogenated alkanes) is 44. The van der Waals surface area contributed by atoms with Crippen molar-refractivity contribution in [1.82, 2.24) is 0 Å². The van der Waals surface area contributed by atoms with Gasteiger partial charge in [0, 0.05) is 19.3 Å². The Hall–Kier alpha value is -1.59. The standard InChI is InChI=1S/C59H114O6/c1-4-7-10-13-16-18-19-20-21-22-23-24-25-26-27-28-29-30-31-32-33-34-35-36-37-38-39-40-41-44-46-49-52-58(61)64-55-56(54-63-57(60)51-48-45-42-15-12-9-6-3)65-59(62)53-50-47-43-17-14-11-8-5-2/h56H,4-55H2,1-3H3. The van der Waals surface area contributed by atoms with E-state index in [-0.39, 0.29) is 31.1 Å². The normalized spacial score (nSPS) is 11.9. The maximum Gasteiger partial charge on any atom is 0.306 e. The third-order valence-corrected chi connectivity index (χ3v) is 13.6. The molecular weight excluding hydrogens is 805 g/mol. The first kappa shape index (κ1) is 63.4. The molecule has 65 heavy (non-hydrogen) atoms. The molecule has 0 aromatic rings. The lowest BCUT2D eigenvalue weighted by Crippen LogP contribution is -2.30. The molecule has 0 radical (unpaired) electrons. The quantitative estimate of drug-likeness (QED) is 0.0344. The molecule has 0 aromatic carbocycles.